The number of hydrogen-bond donors (Lipinski definition) is 3. The van der Waals surface area contributed by atoms with Gasteiger partial charge in [0.05, 0.1) is 11.6 Å². The number of rotatable bonds is 11. The Morgan fingerprint density at radius 2 is 1.90 bits per heavy atom. The fourth-order valence-corrected chi connectivity index (χ4v) is 7.35. The van der Waals surface area contributed by atoms with Crippen LogP contribution < -0.4 is 15.4 Å². The molecule has 0 spiro atoms. The summed E-state index contributed by atoms with van der Waals surface area (Å²) in [6, 6.07) is 17.0. The molecule has 1 saturated carbocycles. The van der Waals surface area contributed by atoms with Crippen LogP contribution in [-0.4, -0.2) is 48.6 Å². The van der Waals surface area contributed by atoms with Crippen LogP contribution in [-0.2, 0) is 9.59 Å². The summed E-state index contributed by atoms with van der Waals surface area (Å²) in [6.45, 7) is 5.86. The average molecular weight is 564 g/mol. The van der Waals surface area contributed by atoms with Crippen LogP contribution in [0.3, 0.4) is 0 Å². The quantitative estimate of drug-likeness (QED) is 0.142. The van der Waals surface area contributed by atoms with Gasteiger partial charge >= 0.3 is 0 Å². The van der Waals surface area contributed by atoms with Gasteiger partial charge in [0.25, 0.3) is 0 Å². The lowest BCUT2D eigenvalue weighted by Gasteiger charge is -2.38. The third kappa shape index (κ3) is 6.92. The van der Waals surface area contributed by atoms with E-state index in [2.05, 4.69) is 63.6 Å². The molecule has 1 heterocycles. The zero-order valence-electron chi connectivity index (χ0n) is 22.9. The predicted molar refractivity (Wildman–Crippen MR) is 162 cm³/mol. The molecule has 2 amide bonds. The maximum Gasteiger partial charge on any atom is 0.246 e. The van der Waals surface area contributed by atoms with E-state index in [1.807, 2.05) is 12.1 Å². The van der Waals surface area contributed by atoms with Crippen molar-refractivity contribution in [1.29, 1.82) is 5.26 Å². The monoisotopic (exact) mass is 563 g/mol. The number of nitriles is 1. The van der Waals surface area contributed by atoms with E-state index < -0.39 is 5.54 Å². The maximum absolute atomic E-state index is 12.2. The van der Waals surface area contributed by atoms with Crippen LogP contribution >= 0.6 is 21.8 Å². The van der Waals surface area contributed by atoms with E-state index in [1.54, 1.807) is 19.5 Å². The van der Waals surface area contributed by atoms with Crippen LogP contribution in [0, 0.1) is 18.3 Å². The van der Waals surface area contributed by atoms with Crippen LogP contribution in [0.2, 0.25) is 0 Å². The molecular weight excluding hydrogens is 526 g/mol. The number of likely N-dealkylation sites (tertiary alicyclic amines) is 1. The van der Waals surface area contributed by atoms with Crippen molar-refractivity contribution < 1.29 is 9.59 Å². The lowest BCUT2D eigenvalue weighted by molar-refractivity contribution is -0.128. The molecule has 2 aromatic rings. The molecule has 1 atom stereocenters. The first kappa shape index (κ1) is 28.9. The fourth-order valence-electron chi connectivity index (χ4n) is 5.15. The number of hydrogen-bond acceptors (Lipinski definition) is 7. The molecule has 4 rings (SSSR count). The number of amides is 2. The summed E-state index contributed by atoms with van der Waals surface area (Å²) in [4.78, 5) is 25.8. The maximum atomic E-state index is 12.2. The number of allylic oxidation sites excluding steroid dienone is 1. The van der Waals surface area contributed by atoms with Gasteiger partial charge in [0.1, 0.15) is 5.54 Å². The van der Waals surface area contributed by atoms with Crippen LogP contribution in [0.15, 0.2) is 48.0 Å². The first-order valence-electron chi connectivity index (χ1n) is 13.4. The lowest BCUT2D eigenvalue weighted by atomic mass is 9.85. The Labute approximate surface area is 239 Å². The Hall–Kier alpha value is -3.09. The van der Waals surface area contributed by atoms with Gasteiger partial charge in [-0.2, -0.15) is 5.26 Å². The topological polar surface area (TPSA) is 97.3 Å². The highest BCUT2D eigenvalue weighted by Crippen LogP contribution is 2.40. The SMILES string of the molecule is CNC(=O)[C@@](C)(CSSNc1cc(C(=C2CCC2)N2CCC(c3ccc(C#N)cc3)CC2)ccc1C)NC=O. The highest BCUT2D eigenvalue weighted by molar-refractivity contribution is 8.77. The molecule has 2 fully saturated rings. The molecule has 2 aromatic carbocycles. The van der Waals surface area contributed by atoms with Gasteiger partial charge in [-0.1, -0.05) is 35.1 Å². The van der Waals surface area contributed by atoms with Crippen molar-refractivity contribution in [2.45, 2.75) is 57.4 Å². The van der Waals surface area contributed by atoms with Crippen molar-refractivity contribution in [3.8, 4) is 6.07 Å². The Kier molecular flexibility index (Phi) is 9.87. The molecule has 7 nitrogen and oxygen atoms in total. The van der Waals surface area contributed by atoms with E-state index in [4.69, 9.17) is 5.26 Å². The Morgan fingerprint density at radius 1 is 1.18 bits per heavy atom. The molecule has 0 radical (unpaired) electrons. The second kappa shape index (κ2) is 13.3. The summed E-state index contributed by atoms with van der Waals surface area (Å²) in [5.41, 5.74) is 7.47. The van der Waals surface area contributed by atoms with Gasteiger partial charge in [-0.25, -0.2) is 0 Å². The summed E-state index contributed by atoms with van der Waals surface area (Å²) in [6.07, 6.45) is 6.35. The standard InChI is InChI=1S/C30H37N5O2S2/c1-21-7-10-26(17-27(21)34-39-38-19-30(2,33-20-36)29(37)32-3)28(25-5-4-6-25)35-15-13-24(14-16-35)23-11-8-22(18-31)9-12-23/h7-12,17,20,24,34H,4-6,13-16,19H2,1-3H3,(H,32,37)(H,33,36)/t30-/m1/s1. The summed E-state index contributed by atoms with van der Waals surface area (Å²) in [5.74, 6) is 0.728. The normalized spacial score (nSPS) is 16.9. The van der Waals surface area contributed by atoms with Crippen molar-refractivity contribution in [2.24, 2.45) is 0 Å². The smallest absolute Gasteiger partial charge is 0.246 e. The van der Waals surface area contributed by atoms with Gasteiger partial charge < -0.3 is 20.3 Å². The van der Waals surface area contributed by atoms with Crippen LogP contribution in [0.1, 0.15) is 67.2 Å². The minimum atomic E-state index is -0.974. The van der Waals surface area contributed by atoms with Crippen LogP contribution in [0.5, 0.6) is 0 Å². The summed E-state index contributed by atoms with van der Waals surface area (Å²) in [7, 11) is 4.53. The van der Waals surface area contributed by atoms with Crippen molar-refractivity contribution in [2.75, 3.05) is 30.6 Å². The molecule has 1 aliphatic carbocycles. The number of aryl methyl sites for hydroxylation is 1. The number of benzene rings is 2. The molecule has 0 unspecified atom stereocenters. The molecule has 0 bridgehead atoms. The molecule has 9 heteroatoms. The van der Waals surface area contributed by atoms with Crippen LogP contribution in [0.25, 0.3) is 5.70 Å². The summed E-state index contributed by atoms with van der Waals surface area (Å²) < 4.78 is 3.46. The highest BCUT2D eigenvalue weighted by atomic mass is 33.1. The molecule has 1 saturated heterocycles. The third-order valence-corrected chi connectivity index (χ3v) is 9.86. The second-order valence-corrected chi connectivity index (χ2v) is 12.6. The number of nitrogens with one attached hydrogen (secondary N) is 3. The Morgan fingerprint density at radius 3 is 2.49 bits per heavy atom. The Bertz CT molecular complexity index is 1240. The van der Waals surface area contributed by atoms with Gasteiger partial charge in [0.2, 0.25) is 12.3 Å². The van der Waals surface area contributed by atoms with Crippen LogP contribution in [0.4, 0.5) is 5.69 Å². The molecule has 1 aliphatic heterocycles. The summed E-state index contributed by atoms with van der Waals surface area (Å²) >= 11 is 0. The van der Waals surface area contributed by atoms with Gasteiger partial charge in [0.15, 0.2) is 0 Å². The van der Waals surface area contributed by atoms with Gasteiger partial charge in [0, 0.05) is 48.3 Å². The predicted octanol–water partition coefficient (Wildman–Crippen LogP) is 5.60. The zero-order chi connectivity index (χ0) is 27.8. The van der Waals surface area contributed by atoms with Crippen molar-refractivity contribution in [3.63, 3.8) is 0 Å². The Balaban J connectivity index is 1.42. The highest BCUT2D eigenvalue weighted by Gasteiger charge is 2.32. The van der Waals surface area contributed by atoms with Crippen molar-refractivity contribution in [1.82, 2.24) is 15.5 Å². The van der Waals surface area contributed by atoms with E-state index in [-0.39, 0.29) is 5.91 Å². The number of carbonyl (C=O) groups excluding carboxylic acids is 2. The van der Waals surface area contributed by atoms with E-state index in [0.29, 0.717) is 23.6 Å². The molecule has 3 N–H and O–H groups in total. The molecule has 206 valence electrons. The number of piperidine rings is 1. The fraction of sp³-hybridized carbons (Fsp3) is 0.433. The summed E-state index contributed by atoms with van der Waals surface area (Å²) in [5, 5.41) is 14.4. The van der Waals surface area contributed by atoms with E-state index in [1.165, 1.54) is 45.0 Å². The first-order chi connectivity index (χ1) is 18.9. The van der Waals surface area contributed by atoms with Gasteiger partial charge in [-0.3, -0.25) is 9.59 Å². The average Bonchev–Trinajstić information content (AvgIpc) is 2.94. The van der Waals surface area contributed by atoms with Crippen molar-refractivity contribution >= 4 is 45.5 Å². The number of nitrogens with zero attached hydrogens (tertiary/aromatic N) is 2. The minimum absolute atomic E-state index is 0.222. The number of carbonyl (C=O) groups is 2. The van der Waals surface area contributed by atoms with Gasteiger partial charge in [-0.15, -0.1) is 0 Å². The molecule has 2 aliphatic rings. The molecule has 39 heavy (non-hydrogen) atoms. The second-order valence-electron chi connectivity index (χ2n) is 10.5. The largest absolute Gasteiger partial charge is 0.371 e. The van der Waals surface area contributed by atoms with Gasteiger partial charge in [-0.05, 0) is 92.3 Å². The van der Waals surface area contributed by atoms with E-state index >= 15 is 0 Å². The van der Waals surface area contributed by atoms with Crippen molar-refractivity contribution in [3.05, 3.63) is 70.3 Å². The third-order valence-electron chi connectivity index (χ3n) is 7.79. The number of anilines is 1. The first-order valence-corrected chi connectivity index (χ1v) is 15.8. The molecular formula is C30H37N5O2S2. The molecule has 0 aromatic heterocycles. The zero-order valence-corrected chi connectivity index (χ0v) is 24.5. The van der Waals surface area contributed by atoms with E-state index in [9.17, 15) is 9.59 Å². The van der Waals surface area contributed by atoms with E-state index in [0.717, 1.165) is 50.0 Å². The lowest BCUT2D eigenvalue weighted by Crippen LogP contribution is -2.55. The minimum Gasteiger partial charge on any atom is -0.371 e. The number of likely N-dealkylation sites (N-methyl/N-ethyl adjacent to an activating group) is 1.